The number of hydrogen-bond donors (Lipinski definition) is 1. The van der Waals surface area contributed by atoms with Crippen LogP contribution >= 0.6 is 0 Å². The molecule has 0 radical (unpaired) electrons. The minimum Gasteiger partial charge on any atom is -0.406 e. The van der Waals surface area contributed by atoms with E-state index in [0.717, 1.165) is 23.3 Å². The van der Waals surface area contributed by atoms with Gasteiger partial charge in [-0.3, -0.25) is 9.59 Å². The van der Waals surface area contributed by atoms with Crippen LogP contribution in [-0.4, -0.2) is 16.8 Å². The summed E-state index contributed by atoms with van der Waals surface area (Å²) in [5, 5.41) is 2.50. The molecule has 0 atom stereocenters. The second-order valence-corrected chi connectivity index (χ2v) is 6.31. The highest BCUT2D eigenvalue weighted by Crippen LogP contribution is 2.24. The molecule has 8 heteroatoms. The molecule has 0 bridgehead atoms. The fraction of sp³-hybridized carbons (Fsp3) is 0.143. The van der Waals surface area contributed by atoms with E-state index in [9.17, 15) is 22.8 Å². The number of ether oxygens (including phenoxy) is 1. The van der Waals surface area contributed by atoms with Gasteiger partial charge in [0.05, 0.1) is 6.54 Å². The Morgan fingerprint density at radius 1 is 1.03 bits per heavy atom. The highest BCUT2D eigenvalue weighted by atomic mass is 19.4. The Bertz CT molecular complexity index is 1070. The van der Waals surface area contributed by atoms with Gasteiger partial charge in [-0.25, -0.2) is 0 Å². The van der Waals surface area contributed by atoms with Gasteiger partial charge >= 0.3 is 6.36 Å². The number of aromatic nitrogens is 1. The average Bonchev–Trinajstić information content (AvgIpc) is 2.65. The second-order valence-electron chi connectivity index (χ2n) is 6.31. The summed E-state index contributed by atoms with van der Waals surface area (Å²) in [5.41, 5.74) is 1.67. The van der Waals surface area contributed by atoms with Gasteiger partial charge in [-0.05, 0) is 54.4 Å². The van der Waals surface area contributed by atoms with Crippen LogP contribution < -0.4 is 15.6 Å². The lowest BCUT2D eigenvalue weighted by Gasteiger charge is -2.11. The molecule has 3 aromatic rings. The van der Waals surface area contributed by atoms with E-state index in [4.69, 9.17) is 0 Å². The van der Waals surface area contributed by atoms with E-state index in [-0.39, 0.29) is 11.3 Å². The number of rotatable bonds is 5. The van der Waals surface area contributed by atoms with Crippen molar-refractivity contribution in [2.24, 2.45) is 0 Å². The van der Waals surface area contributed by atoms with E-state index in [1.54, 1.807) is 12.3 Å². The Labute approximate surface area is 164 Å². The van der Waals surface area contributed by atoms with Gasteiger partial charge in [0.15, 0.2) is 0 Å². The van der Waals surface area contributed by atoms with Crippen LogP contribution in [0.3, 0.4) is 0 Å². The van der Waals surface area contributed by atoms with E-state index >= 15 is 0 Å². The Kier molecular flexibility index (Phi) is 5.72. The van der Waals surface area contributed by atoms with Gasteiger partial charge in [-0.2, -0.15) is 0 Å². The van der Waals surface area contributed by atoms with E-state index in [1.165, 1.54) is 22.8 Å². The standard InChI is InChI=1S/C21H17F3N2O3/c1-14-5-2-3-6-15(14)13-26-12-4-7-18(20(26)28)19(27)25-16-8-10-17(11-9-16)29-21(22,23)24/h2-12H,13H2,1H3,(H,25,27). The van der Waals surface area contributed by atoms with Crippen molar-refractivity contribution in [3.63, 3.8) is 0 Å². The quantitative estimate of drug-likeness (QED) is 0.690. The third-order valence-corrected chi connectivity index (χ3v) is 4.21. The molecular formula is C21H17F3N2O3. The van der Waals surface area contributed by atoms with Crippen molar-refractivity contribution in [2.45, 2.75) is 19.8 Å². The molecule has 150 valence electrons. The van der Waals surface area contributed by atoms with Crippen LogP contribution in [-0.2, 0) is 6.54 Å². The molecule has 1 N–H and O–H groups in total. The Balaban J connectivity index is 1.76. The number of carbonyl (C=O) groups is 1. The molecule has 0 saturated carbocycles. The number of benzene rings is 2. The molecule has 1 amide bonds. The van der Waals surface area contributed by atoms with Gasteiger partial charge in [-0.15, -0.1) is 13.2 Å². The van der Waals surface area contributed by atoms with Crippen molar-refractivity contribution in [1.29, 1.82) is 0 Å². The molecule has 0 fully saturated rings. The first-order valence-corrected chi connectivity index (χ1v) is 8.64. The first-order valence-electron chi connectivity index (χ1n) is 8.64. The summed E-state index contributed by atoms with van der Waals surface area (Å²) in [5.74, 6) is -1.06. The number of amides is 1. The molecular weight excluding hydrogens is 385 g/mol. The van der Waals surface area contributed by atoms with Crippen molar-refractivity contribution in [3.05, 3.63) is 93.9 Å². The maximum absolute atomic E-state index is 12.7. The van der Waals surface area contributed by atoms with Crippen molar-refractivity contribution < 1.29 is 22.7 Å². The van der Waals surface area contributed by atoms with Crippen LogP contribution in [0.4, 0.5) is 18.9 Å². The van der Waals surface area contributed by atoms with Crippen molar-refractivity contribution in [1.82, 2.24) is 4.57 Å². The predicted molar refractivity (Wildman–Crippen MR) is 102 cm³/mol. The fourth-order valence-corrected chi connectivity index (χ4v) is 2.74. The lowest BCUT2D eigenvalue weighted by atomic mass is 10.1. The number of carbonyl (C=O) groups excluding carboxylic acids is 1. The highest BCUT2D eigenvalue weighted by molar-refractivity contribution is 6.04. The maximum Gasteiger partial charge on any atom is 0.573 e. The third kappa shape index (κ3) is 5.25. The van der Waals surface area contributed by atoms with Crippen LogP contribution in [0.1, 0.15) is 21.5 Å². The predicted octanol–water partition coefficient (Wildman–Crippen LogP) is 4.36. The minimum atomic E-state index is -4.79. The van der Waals surface area contributed by atoms with E-state index in [0.29, 0.717) is 6.54 Å². The van der Waals surface area contributed by atoms with Gasteiger partial charge in [0.25, 0.3) is 11.5 Å². The third-order valence-electron chi connectivity index (χ3n) is 4.21. The molecule has 2 aromatic carbocycles. The smallest absolute Gasteiger partial charge is 0.406 e. The number of alkyl halides is 3. The molecule has 0 aliphatic rings. The summed E-state index contributed by atoms with van der Waals surface area (Å²) in [4.78, 5) is 25.2. The first kappa shape index (κ1) is 20.2. The summed E-state index contributed by atoms with van der Waals surface area (Å²) in [6, 6.07) is 15.3. The number of nitrogens with one attached hydrogen (secondary N) is 1. The molecule has 1 aromatic heterocycles. The first-order chi connectivity index (χ1) is 13.7. The number of halogens is 3. The molecule has 0 aliphatic carbocycles. The van der Waals surface area contributed by atoms with Gasteiger partial charge in [-0.1, -0.05) is 24.3 Å². The largest absolute Gasteiger partial charge is 0.573 e. The fourth-order valence-electron chi connectivity index (χ4n) is 2.74. The van der Waals surface area contributed by atoms with Crippen LogP contribution in [0.5, 0.6) is 5.75 Å². The van der Waals surface area contributed by atoms with E-state index in [2.05, 4.69) is 10.1 Å². The zero-order chi connectivity index (χ0) is 21.0. The maximum atomic E-state index is 12.7. The molecule has 0 unspecified atom stereocenters. The average molecular weight is 402 g/mol. The zero-order valence-corrected chi connectivity index (χ0v) is 15.4. The Morgan fingerprint density at radius 2 is 1.72 bits per heavy atom. The van der Waals surface area contributed by atoms with Gasteiger partial charge in [0.2, 0.25) is 0 Å². The summed E-state index contributed by atoms with van der Waals surface area (Å²) >= 11 is 0. The molecule has 1 heterocycles. The van der Waals surface area contributed by atoms with Crippen LogP contribution in [0.2, 0.25) is 0 Å². The number of pyridine rings is 1. The molecule has 0 spiro atoms. The zero-order valence-electron chi connectivity index (χ0n) is 15.4. The number of nitrogens with zero attached hydrogens (tertiary/aromatic N) is 1. The molecule has 3 rings (SSSR count). The summed E-state index contributed by atoms with van der Waals surface area (Å²) in [6.45, 7) is 2.25. The number of aryl methyl sites for hydroxylation is 1. The summed E-state index contributed by atoms with van der Waals surface area (Å²) < 4.78 is 41.8. The minimum absolute atomic E-state index is 0.0725. The molecule has 0 saturated heterocycles. The van der Waals surface area contributed by atoms with Gasteiger partial charge in [0, 0.05) is 11.9 Å². The molecule has 29 heavy (non-hydrogen) atoms. The lowest BCUT2D eigenvalue weighted by Crippen LogP contribution is -2.29. The monoisotopic (exact) mass is 402 g/mol. The van der Waals surface area contributed by atoms with Crippen LogP contribution in [0, 0.1) is 6.92 Å². The van der Waals surface area contributed by atoms with Crippen molar-refractivity contribution in [2.75, 3.05) is 5.32 Å². The van der Waals surface area contributed by atoms with Crippen LogP contribution in [0.15, 0.2) is 71.7 Å². The number of hydrogen-bond acceptors (Lipinski definition) is 3. The Morgan fingerprint density at radius 3 is 2.38 bits per heavy atom. The number of anilines is 1. The normalized spacial score (nSPS) is 11.2. The van der Waals surface area contributed by atoms with Crippen molar-refractivity contribution in [3.8, 4) is 5.75 Å². The molecule has 0 aliphatic heterocycles. The van der Waals surface area contributed by atoms with Gasteiger partial charge in [0.1, 0.15) is 11.3 Å². The van der Waals surface area contributed by atoms with Crippen molar-refractivity contribution >= 4 is 11.6 Å². The van der Waals surface area contributed by atoms with E-state index in [1.807, 2.05) is 31.2 Å². The lowest BCUT2D eigenvalue weighted by molar-refractivity contribution is -0.274. The Hall–Kier alpha value is -3.55. The summed E-state index contributed by atoms with van der Waals surface area (Å²) in [6.07, 6.45) is -3.20. The summed E-state index contributed by atoms with van der Waals surface area (Å²) in [7, 11) is 0. The van der Waals surface area contributed by atoms with Gasteiger partial charge < -0.3 is 14.6 Å². The van der Waals surface area contributed by atoms with E-state index < -0.39 is 23.6 Å². The molecule has 5 nitrogen and oxygen atoms in total. The van der Waals surface area contributed by atoms with Crippen LogP contribution in [0.25, 0.3) is 0 Å². The topological polar surface area (TPSA) is 60.3 Å². The highest BCUT2D eigenvalue weighted by Gasteiger charge is 2.31. The SMILES string of the molecule is Cc1ccccc1Cn1cccc(C(=O)Nc2ccc(OC(F)(F)F)cc2)c1=O. The second kappa shape index (κ2) is 8.22.